The molecule has 0 bridgehead atoms. The molecule has 8 nitrogen and oxygen atoms in total. The van der Waals surface area contributed by atoms with Gasteiger partial charge in [-0.05, 0) is 36.1 Å². The maximum absolute atomic E-state index is 13.5. The summed E-state index contributed by atoms with van der Waals surface area (Å²) in [5.74, 6) is -4.03. The van der Waals surface area contributed by atoms with Crippen molar-refractivity contribution in [1.82, 2.24) is 15.2 Å². The number of rotatable bonds is 6. The number of ether oxygens (including phenoxy) is 1. The summed E-state index contributed by atoms with van der Waals surface area (Å²) in [7, 11) is 0. The molecule has 0 radical (unpaired) electrons. The van der Waals surface area contributed by atoms with Gasteiger partial charge >= 0.3 is 6.36 Å². The lowest BCUT2D eigenvalue weighted by atomic mass is 9.86. The largest absolute Gasteiger partial charge is 0.573 e. The first kappa shape index (κ1) is 25.0. The number of hydrogen-bond acceptors (Lipinski definition) is 7. The molecule has 2 atom stereocenters. The summed E-state index contributed by atoms with van der Waals surface area (Å²) in [6.07, 6.45) is -3.65. The highest BCUT2D eigenvalue weighted by Crippen LogP contribution is 2.41. The quantitative estimate of drug-likeness (QED) is 0.283. The molecule has 0 spiro atoms. The monoisotopic (exact) mass is 498 g/mol. The van der Waals surface area contributed by atoms with Crippen molar-refractivity contribution < 1.29 is 32.3 Å². The summed E-state index contributed by atoms with van der Waals surface area (Å²) in [4.78, 5) is 44.8. The molecule has 1 amide bonds. The molecular formula is C25H21F3N4O4. The molecule has 2 aromatic carbocycles. The fourth-order valence-corrected chi connectivity index (χ4v) is 4.04. The number of carbonyl (C=O) groups is 3. The van der Waals surface area contributed by atoms with Crippen molar-refractivity contribution in [3.63, 3.8) is 0 Å². The zero-order valence-corrected chi connectivity index (χ0v) is 19.5. The molecule has 1 aromatic heterocycles. The molecular weight excluding hydrogens is 477 g/mol. The second-order valence-electron chi connectivity index (χ2n) is 8.58. The van der Waals surface area contributed by atoms with Crippen LogP contribution in [0, 0.1) is 12.8 Å². The van der Waals surface area contributed by atoms with E-state index in [0.29, 0.717) is 5.82 Å². The van der Waals surface area contributed by atoms with Gasteiger partial charge in [-0.1, -0.05) is 50.2 Å². The van der Waals surface area contributed by atoms with Crippen LogP contribution in [0.25, 0.3) is 0 Å². The van der Waals surface area contributed by atoms with Crippen LogP contribution in [-0.4, -0.2) is 39.0 Å². The Kier molecular flexibility index (Phi) is 6.57. The Bertz CT molecular complexity index is 1290. The summed E-state index contributed by atoms with van der Waals surface area (Å²) >= 11 is 0. The van der Waals surface area contributed by atoms with Crippen molar-refractivity contribution in [3.05, 3.63) is 77.2 Å². The predicted octanol–water partition coefficient (Wildman–Crippen LogP) is 4.36. The van der Waals surface area contributed by atoms with Crippen LogP contribution in [0.4, 0.5) is 19.0 Å². The first-order valence-electron chi connectivity index (χ1n) is 11.0. The van der Waals surface area contributed by atoms with Gasteiger partial charge in [0.05, 0.1) is 12.2 Å². The molecule has 1 saturated heterocycles. The normalized spacial score (nSPS) is 18.1. The van der Waals surface area contributed by atoms with E-state index in [1.165, 1.54) is 18.3 Å². The lowest BCUT2D eigenvalue weighted by Gasteiger charge is -2.26. The Balaban J connectivity index is 1.78. The van der Waals surface area contributed by atoms with Gasteiger partial charge in [0.1, 0.15) is 17.5 Å². The van der Waals surface area contributed by atoms with Gasteiger partial charge < -0.3 is 4.74 Å². The van der Waals surface area contributed by atoms with Gasteiger partial charge in [-0.3, -0.25) is 19.3 Å². The fourth-order valence-electron chi connectivity index (χ4n) is 4.04. The third kappa shape index (κ3) is 4.95. The number of nitrogens with zero attached hydrogens (tertiary/aromatic N) is 4. The average molecular weight is 498 g/mol. The van der Waals surface area contributed by atoms with Gasteiger partial charge in [-0.15, -0.1) is 23.4 Å². The lowest BCUT2D eigenvalue weighted by molar-refractivity contribution is -0.274. The minimum atomic E-state index is -4.89. The second kappa shape index (κ2) is 9.48. The standard InChI is InChI=1S/C25H21F3N4O4/c1-13(2)15-4-6-17(7-5-15)22(33)20-21(16-8-10-18(11-9-16)36-25(26,27)28)32(24(35)23(20)34)19-12-29-14(3)30-31-19/h4-13,20-21H,1-3H3. The first-order valence-corrected chi connectivity index (χ1v) is 11.0. The summed E-state index contributed by atoms with van der Waals surface area (Å²) < 4.78 is 41.7. The van der Waals surface area contributed by atoms with E-state index in [0.717, 1.165) is 22.6 Å². The van der Waals surface area contributed by atoms with Gasteiger partial charge in [-0.2, -0.15) is 0 Å². The molecule has 2 heterocycles. The highest BCUT2D eigenvalue weighted by Gasteiger charge is 2.53. The van der Waals surface area contributed by atoms with E-state index in [2.05, 4.69) is 19.9 Å². The van der Waals surface area contributed by atoms with Gasteiger partial charge in [0.15, 0.2) is 11.6 Å². The van der Waals surface area contributed by atoms with Crippen LogP contribution < -0.4 is 9.64 Å². The van der Waals surface area contributed by atoms with Gasteiger partial charge in [0.2, 0.25) is 5.78 Å². The van der Waals surface area contributed by atoms with Crippen LogP contribution in [0.3, 0.4) is 0 Å². The SMILES string of the molecule is Cc1ncc(N2C(=O)C(=O)C(C(=O)c3ccc(C(C)C)cc3)C2c2ccc(OC(F)(F)F)cc2)nn1. The maximum atomic E-state index is 13.5. The zero-order chi connectivity index (χ0) is 26.2. The molecule has 0 N–H and O–H groups in total. The second-order valence-corrected chi connectivity index (χ2v) is 8.58. The lowest BCUT2D eigenvalue weighted by Crippen LogP contribution is -2.31. The molecule has 1 fully saturated rings. The summed E-state index contributed by atoms with van der Waals surface area (Å²) in [6, 6.07) is 10.2. The van der Waals surface area contributed by atoms with Gasteiger partial charge in [0.25, 0.3) is 5.91 Å². The summed E-state index contributed by atoms with van der Waals surface area (Å²) in [6.45, 7) is 5.57. The molecule has 0 aliphatic carbocycles. The summed E-state index contributed by atoms with van der Waals surface area (Å²) in [5.41, 5.74) is 1.45. The van der Waals surface area contributed by atoms with E-state index in [4.69, 9.17) is 0 Å². The third-order valence-electron chi connectivity index (χ3n) is 5.82. The molecule has 36 heavy (non-hydrogen) atoms. The van der Waals surface area contributed by atoms with Crippen LogP contribution >= 0.6 is 0 Å². The van der Waals surface area contributed by atoms with Crippen LogP contribution in [0.1, 0.15) is 53.1 Å². The topological polar surface area (TPSA) is 102 Å². The van der Waals surface area contributed by atoms with E-state index in [9.17, 15) is 27.6 Å². The van der Waals surface area contributed by atoms with Crippen LogP contribution in [0.2, 0.25) is 0 Å². The number of aromatic nitrogens is 3. The number of amides is 1. The van der Waals surface area contributed by atoms with Crippen LogP contribution in [-0.2, 0) is 9.59 Å². The van der Waals surface area contributed by atoms with Crippen molar-refractivity contribution in [3.8, 4) is 5.75 Å². The number of carbonyl (C=O) groups excluding carboxylic acids is 3. The Morgan fingerprint density at radius 3 is 2.17 bits per heavy atom. The molecule has 11 heteroatoms. The van der Waals surface area contributed by atoms with E-state index >= 15 is 0 Å². The minimum absolute atomic E-state index is 0.0648. The Morgan fingerprint density at radius 2 is 1.64 bits per heavy atom. The summed E-state index contributed by atoms with van der Waals surface area (Å²) in [5, 5.41) is 7.76. The van der Waals surface area contributed by atoms with E-state index in [1.54, 1.807) is 31.2 Å². The molecule has 1 aliphatic rings. The molecule has 3 aromatic rings. The number of ketones is 2. The first-order chi connectivity index (χ1) is 17.0. The number of anilines is 1. The molecule has 1 aliphatic heterocycles. The van der Waals surface area contributed by atoms with Crippen molar-refractivity contribution in [2.75, 3.05) is 4.90 Å². The van der Waals surface area contributed by atoms with E-state index in [-0.39, 0.29) is 22.9 Å². The number of aryl methyl sites for hydroxylation is 1. The molecule has 186 valence electrons. The van der Waals surface area contributed by atoms with Crippen LogP contribution in [0.5, 0.6) is 5.75 Å². The Labute approximate surface area is 204 Å². The average Bonchev–Trinajstić information content (AvgIpc) is 3.09. The highest BCUT2D eigenvalue weighted by atomic mass is 19.4. The van der Waals surface area contributed by atoms with Crippen molar-refractivity contribution >= 4 is 23.3 Å². The fraction of sp³-hybridized carbons (Fsp3) is 0.280. The van der Waals surface area contributed by atoms with Crippen LogP contribution in [0.15, 0.2) is 54.7 Å². The Hall–Kier alpha value is -4.15. The maximum Gasteiger partial charge on any atom is 0.573 e. The highest BCUT2D eigenvalue weighted by molar-refractivity contribution is 6.48. The van der Waals surface area contributed by atoms with Gasteiger partial charge in [0, 0.05) is 5.56 Å². The number of alkyl halides is 3. The number of Topliss-reactive ketones (excluding diaryl/α,β-unsaturated/α-hetero) is 2. The number of halogens is 3. The minimum Gasteiger partial charge on any atom is -0.406 e. The van der Waals surface area contributed by atoms with E-state index < -0.39 is 41.5 Å². The van der Waals surface area contributed by atoms with E-state index in [1.807, 2.05) is 13.8 Å². The van der Waals surface area contributed by atoms with Crippen molar-refractivity contribution in [2.24, 2.45) is 5.92 Å². The van der Waals surface area contributed by atoms with Crippen molar-refractivity contribution in [2.45, 2.75) is 39.1 Å². The van der Waals surface area contributed by atoms with Gasteiger partial charge in [-0.25, -0.2) is 4.98 Å². The number of benzene rings is 2. The smallest absolute Gasteiger partial charge is 0.406 e. The third-order valence-corrected chi connectivity index (χ3v) is 5.82. The molecule has 0 saturated carbocycles. The number of hydrogen-bond donors (Lipinski definition) is 0. The predicted molar refractivity (Wildman–Crippen MR) is 121 cm³/mol. The van der Waals surface area contributed by atoms with Crippen molar-refractivity contribution in [1.29, 1.82) is 0 Å². The molecule has 2 unspecified atom stereocenters. The Morgan fingerprint density at radius 1 is 1.00 bits per heavy atom. The molecule has 4 rings (SSSR count). The zero-order valence-electron chi connectivity index (χ0n) is 19.5.